The zero-order chi connectivity index (χ0) is 10.8. The van der Waals surface area contributed by atoms with E-state index in [1.165, 1.54) is 6.20 Å². The SMILES string of the molecule is CC(C)c1cnn(-c2cncc(Cl)n2)c1. The van der Waals surface area contributed by atoms with E-state index < -0.39 is 0 Å². The summed E-state index contributed by atoms with van der Waals surface area (Å²) in [6, 6.07) is 0. The Morgan fingerprint density at radius 1 is 1.27 bits per heavy atom. The van der Waals surface area contributed by atoms with E-state index in [9.17, 15) is 0 Å². The zero-order valence-electron chi connectivity index (χ0n) is 8.55. The van der Waals surface area contributed by atoms with Crippen LogP contribution in [0.1, 0.15) is 25.3 Å². The van der Waals surface area contributed by atoms with Crippen molar-refractivity contribution in [3.63, 3.8) is 0 Å². The quantitative estimate of drug-likeness (QED) is 0.784. The van der Waals surface area contributed by atoms with E-state index in [2.05, 4.69) is 28.9 Å². The fraction of sp³-hybridized carbons (Fsp3) is 0.300. The summed E-state index contributed by atoms with van der Waals surface area (Å²) in [7, 11) is 0. The molecule has 0 saturated heterocycles. The van der Waals surface area contributed by atoms with E-state index >= 15 is 0 Å². The van der Waals surface area contributed by atoms with Gasteiger partial charge in [-0.15, -0.1) is 0 Å². The van der Waals surface area contributed by atoms with Crippen molar-refractivity contribution in [3.05, 3.63) is 35.5 Å². The van der Waals surface area contributed by atoms with E-state index in [-0.39, 0.29) is 0 Å². The predicted octanol–water partition coefficient (Wildman–Crippen LogP) is 2.44. The first-order chi connectivity index (χ1) is 7.16. The molecule has 78 valence electrons. The maximum atomic E-state index is 5.75. The van der Waals surface area contributed by atoms with Gasteiger partial charge in [0.05, 0.1) is 18.6 Å². The number of halogens is 1. The summed E-state index contributed by atoms with van der Waals surface area (Å²) >= 11 is 5.75. The number of hydrogen-bond donors (Lipinski definition) is 0. The molecule has 0 saturated carbocycles. The van der Waals surface area contributed by atoms with Gasteiger partial charge in [-0.25, -0.2) is 9.67 Å². The first-order valence-electron chi connectivity index (χ1n) is 4.69. The molecule has 0 radical (unpaired) electrons. The summed E-state index contributed by atoms with van der Waals surface area (Å²) < 4.78 is 1.67. The van der Waals surface area contributed by atoms with Crippen molar-refractivity contribution >= 4 is 11.6 Å². The summed E-state index contributed by atoms with van der Waals surface area (Å²) in [6.07, 6.45) is 6.89. The molecule has 0 aromatic carbocycles. The van der Waals surface area contributed by atoms with Gasteiger partial charge in [0.2, 0.25) is 0 Å². The Hall–Kier alpha value is -1.42. The van der Waals surface area contributed by atoms with Crippen molar-refractivity contribution in [2.45, 2.75) is 19.8 Å². The van der Waals surface area contributed by atoms with Crippen LogP contribution in [0.25, 0.3) is 5.82 Å². The van der Waals surface area contributed by atoms with Gasteiger partial charge in [-0.2, -0.15) is 5.10 Å². The molecule has 0 fully saturated rings. The van der Waals surface area contributed by atoms with Crippen molar-refractivity contribution in [1.29, 1.82) is 0 Å². The minimum Gasteiger partial charge on any atom is -0.258 e. The van der Waals surface area contributed by atoms with Gasteiger partial charge in [-0.1, -0.05) is 25.4 Å². The van der Waals surface area contributed by atoms with Gasteiger partial charge in [-0.05, 0) is 11.5 Å². The maximum Gasteiger partial charge on any atom is 0.173 e. The first kappa shape index (κ1) is 10.1. The lowest BCUT2D eigenvalue weighted by Crippen LogP contribution is -1.98. The molecule has 0 aliphatic rings. The zero-order valence-corrected chi connectivity index (χ0v) is 9.31. The first-order valence-corrected chi connectivity index (χ1v) is 5.07. The Kier molecular flexibility index (Phi) is 2.68. The Morgan fingerprint density at radius 2 is 2.07 bits per heavy atom. The third-order valence-electron chi connectivity index (χ3n) is 2.10. The van der Waals surface area contributed by atoms with Crippen molar-refractivity contribution in [3.8, 4) is 5.82 Å². The van der Waals surface area contributed by atoms with Gasteiger partial charge in [0, 0.05) is 6.20 Å². The van der Waals surface area contributed by atoms with E-state index in [0.717, 1.165) is 5.56 Å². The van der Waals surface area contributed by atoms with Gasteiger partial charge < -0.3 is 0 Å². The van der Waals surface area contributed by atoms with Gasteiger partial charge in [-0.3, -0.25) is 4.98 Å². The van der Waals surface area contributed by atoms with Gasteiger partial charge in [0.1, 0.15) is 5.15 Å². The molecule has 0 aliphatic carbocycles. The number of aromatic nitrogens is 4. The number of rotatable bonds is 2. The second kappa shape index (κ2) is 3.98. The highest BCUT2D eigenvalue weighted by Gasteiger charge is 2.05. The predicted molar refractivity (Wildman–Crippen MR) is 58.3 cm³/mol. The molecule has 2 aromatic heterocycles. The summed E-state index contributed by atoms with van der Waals surface area (Å²) in [5.41, 5.74) is 1.16. The van der Waals surface area contributed by atoms with Crippen LogP contribution in [0.4, 0.5) is 0 Å². The highest BCUT2D eigenvalue weighted by Crippen LogP contribution is 2.14. The largest absolute Gasteiger partial charge is 0.258 e. The van der Waals surface area contributed by atoms with Crippen LogP contribution in [-0.2, 0) is 0 Å². The number of hydrogen-bond acceptors (Lipinski definition) is 3. The Morgan fingerprint density at radius 3 is 2.67 bits per heavy atom. The van der Waals surface area contributed by atoms with Crippen molar-refractivity contribution in [2.24, 2.45) is 0 Å². The second-order valence-electron chi connectivity index (χ2n) is 3.57. The molecule has 0 spiro atoms. The van der Waals surface area contributed by atoms with Crippen LogP contribution in [0.2, 0.25) is 5.15 Å². The third kappa shape index (κ3) is 2.15. The molecule has 2 aromatic rings. The molecule has 0 bridgehead atoms. The van der Waals surface area contributed by atoms with Gasteiger partial charge in [0.15, 0.2) is 5.82 Å². The molecular formula is C10H11ClN4. The molecule has 5 heteroatoms. The van der Waals surface area contributed by atoms with Crippen LogP contribution in [-0.4, -0.2) is 19.7 Å². The third-order valence-corrected chi connectivity index (χ3v) is 2.28. The standard InChI is InChI=1S/C10H11ClN4/c1-7(2)8-3-13-15(6-8)10-5-12-4-9(11)14-10/h3-7H,1-2H3. The maximum absolute atomic E-state index is 5.75. The van der Waals surface area contributed by atoms with Crippen LogP contribution in [0.5, 0.6) is 0 Å². The van der Waals surface area contributed by atoms with Crippen molar-refractivity contribution in [2.75, 3.05) is 0 Å². The van der Waals surface area contributed by atoms with Crippen LogP contribution in [0, 0.1) is 0 Å². The Labute approximate surface area is 92.9 Å². The summed E-state index contributed by atoms with van der Waals surface area (Å²) in [4.78, 5) is 8.08. The van der Waals surface area contributed by atoms with Crippen LogP contribution < -0.4 is 0 Å². The molecule has 0 N–H and O–H groups in total. The van der Waals surface area contributed by atoms with E-state index in [1.807, 2.05) is 12.4 Å². The van der Waals surface area contributed by atoms with Crippen LogP contribution in [0.3, 0.4) is 0 Å². The lowest BCUT2D eigenvalue weighted by Gasteiger charge is -2.00. The lowest BCUT2D eigenvalue weighted by atomic mass is 10.1. The summed E-state index contributed by atoms with van der Waals surface area (Å²) in [6.45, 7) is 4.23. The second-order valence-corrected chi connectivity index (χ2v) is 3.96. The topological polar surface area (TPSA) is 43.6 Å². The average molecular weight is 223 g/mol. The summed E-state index contributed by atoms with van der Waals surface area (Å²) in [5.74, 6) is 1.08. The van der Waals surface area contributed by atoms with E-state index in [1.54, 1.807) is 10.9 Å². The smallest absolute Gasteiger partial charge is 0.173 e. The molecule has 0 unspecified atom stereocenters. The van der Waals surface area contributed by atoms with E-state index in [0.29, 0.717) is 16.9 Å². The minimum atomic E-state index is 0.370. The molecule has 0 aliphatic heterocycles. The normalized spacial score (nSPS) is 10.9. The number of nitrogens with zero attached hydrogens (tertiary/aromatic N) is 4. The summed E-state index contributed by atoms with van der Waals surface area (Å²) in [5, 5.41) is 4.57. The highest BCUT2D eigenvalue weighted by atomic mass is 35.5. The lowest BCUT2D eigenvalue weighted by molar-refractivity contribution is 0.831. The molecular weight excluding hydrogens is 212 g/mol. The molecule has 0 amide bonds. The molecule has 2 rings (SSSR count). The molecule has 15 heavy (non-hydrogen) atoms. The minimum absolute atomic E-state index is 0.370. The van der Waals surface area contributed by atoms with Crippen LogP contribution in [0.15, 0.2) is 24.8 Å². The van der Waals surface area contributed by atoms with Crippen molar-refractivity contribution < 1.29 is 0 Å². The van der Waals surface area contributed by atoms with Crippen LogP contribution >= 0.6 is 11.6 Å². The Bertz CT molecular complexity index is 464. The molecule has 4 nitrogen and oxygen atoms in total. The average Bonchev–Trinajstić information content (AvgIpc) is 2.66. The Balaban J connectivity index is 2.37. The highest BCUT2D eigenvalue weighted by molar-refractivity contribution is 6.29. The monoisotopic (exact) mass is 222 g/mol. The fourth-order valence-corrected chi connectivity index (χ4v) is 1.35. The van der Waals surface area contributed by atoms with E-state index in [4.69, 9.17) is 11.6 Å². The van der Waals surface area contributed by atoms with Gasteiger partial charge >= 0.3 is 0 Å². The van der Waals surface area contributed by atoms with Gasteiger partial charge in [0.25, 0.3) is 0 Å². The fourth-order valence-electron chi connectivity index (χ4n) is 1.20. The van der Waals surface area contributed by atoms with Crippen molar-refractivity contribution in [1.82, 2.24) is 19.7 Å². The molecule has 0 atom stereocenters. The molecule has 2 heterocycles.